The van der Waals surface area contributed by atoms with Gasteiger partial charge in [-0.05, 0) is 37.2 Å². The van der Waals surface area contributed by atoms with Crippen LogP contribution in [0.3, 0.4) is 0 Å². The lowest BCUT2D eigenvalue weighted by Crippen LogP contribution is -2.17. The number of fused-ring (bicyclic) bond motifs is 1. The largest absolute Gasteiger partial charge is 0.366 e. The van der Waals surface area contributed by atoms with Crippen LogP contribution in [0, 0.1) is 5.92 Å². The van der Waals surface area contributed by atoms with Crippen molar-refractivity contribution in [2.45, 2.75) is 45.6 Å². The number of hydrogen-bond acceptors (Lipinski definition) is 3. The summed E-state index contributed by atoms with van der Waals surface area (Å²) in [7, 11) is 0. The van der Waals surface area contributed by atoms with Gasteiger partial charge in [0.15, 0.2) is 0 Å². The second kappa shape index (κ2) is 4.26. The summed E-state index contributed by atoms with van der Waals surface area (Å²) in [5.41, 5.74) is 1.24. The summed E-state index contributed by atoms with van der Waals surface area (Å²) in [5.74, 6) is 3.02. The lowest BCUT2D eigenvalue weighted by molar-refractivity contribution is 0.691. The summed E-state index contributed by atoms with van der Waals surface area (Å²) in [6, 6.07) is 0.513. The number of aromatic nitrogens is 3. The summed E-state index contributed by atoms with van der Waals surface area (Å²) >= 11 is 0. The third-order valence-electron chi connectivity index (χ3n) is 3.70. The van der Waals surface area contributed by atoms with E-state index in [1.807, 2.05) is 16.8 Å². The van der Waals surface area contributed by atoms with Gasteiger partial charge in [-0.2, -0.15) is 4.98 Å². The van der Waals surface area contributed by atoms with Crippen molar-refractivity contribution in [3.05, 3.63) is 24.2 Å². The second-order valence-electron chi connectivity index (χ2n) is 5.65. The Labute approximate surface area is 107 Å². The highest BCUT2D eigenvalue weighted by atomic mass is 15.2. The average molecular weight is 244 g/mol. The Morgan fingerprint density at radius 2 is 2.06 bits per heavy atom. The van der Waals surface area contributed by atoms with Crippen molar-refractivity contribution < 1.29 is 0 Å². The first-order valence-corrected chi connectivity index (χ1v) is 6.74. The zero-order valence-corrected chi connectivity index (χ0v) is 11.2. The molecule has 4 nitrogen and oxygen atoms in total. The van der Waals surface area contributed by atoms with Crippen LogP contribution in [-0.2, 0) is 0 Å². The lowest BCUT2D eigenvalue weighted by Gasteiger charge is -2.10. The normalized spacial score (nSPS) is 17.3. The van der Waals surface area contributed by atoms with Crippen LogP contribution in [0.5, 0.6) is 0 Å². The average Bonchev–Trinajstić information content (AvgIpc) is 3.09. The fourth-order valence-corrected chi connectivity index (χ4v) is 2.22. The minimum Gasteiger partial charge on any atom is -0.366 e. The highest BCUT2D eigenvalue weighted by Gasteiger charge is 2.28. The first-order valence-electron chi connectivity index (χ1n) is 6.74. The molecule has 1 atom stereocenters. The van der Waals surface area contributed by atoms with Gasteiger partial charge in [-0.3, -0.25) is 4.40 Å². The molecule has 18 heavy (non-hydrogen) atoms. The van der Waals surface area contributed by atoms with Crippen LogP contribution in [0.4, 0.5) is 5.82 Å². The van der Waals surface area contributed by atoms with Gasteiger partial charge >= 0.3 is 0 Å². The molecule has 1 saturated carbocycles. The van der Waals surface area contributed by atoms with Gasteiger partial charge in [0.25, 0.3) is 0 Å². The van der Waals surface area contributed by atoms with Crippen molar-refractivity contribution in [2.75, 3.05) is 5.32 Å². The van der Waals surface area contributed by atoms with Gasteiger partial charge in [0.1, 0.15) is 5.82 Å². The Morgan fingerprint density at radius 3 is 2.72 bits per heavy atom. The molecule has 1 aliphatic carbocycles. The Hall–Kier alpha value is -1.58. The van der Waals surface area contributed by atoms with Gasteiger partial charge in [0.05, 0.1) is 6.20 Å². The van der Waals surface area contributed by atoms with E-state index in [9.17, 15) is 0 Å². The van der Waals surface area contributed by atoms with E-state index in [1.165, 1.54) is 18.4 Å². The molecule has 0 radical (unpaired) electrons. The SMILES string of the molecule is CC(C)c1cnc2nc(NC(C)C3CC3)cn2c1. The smallest absolute Gasteiger partial charge is 0.235 e. The second-order valence-corrected chi connectivity index (χ2v) is 5.65. The van der Waals surface area contributed by atoms with Crippen molar-refractivity contribution >= 4 is 11.6 Å². The Kier molecular flexibility index (Phi) is 2.73. The van der Waals surface area contributed by atoms with E-state index in [1.54, 1.807) is 0 Å². The number of nitrogens with one attached hydrogen (secondary N) is 1. The first-order chi connectivity index (χ1) is 8.63. The van der Waals surface area contributed by atoms with Gasteiger partial charge in [0.2, 0.25) is 5.78 Å². The summed E-state index contributed by atoms with van der Waals surface area (Å²) in [6.45, 7) is 6.58. The van der Waals surface area contributed by atoms with E-state index < -0.39 is 0 Å². The van der Waals surface area contributed by atoms with E-state index in [0.717, 1.165) is 17.5 Å². The third-order valence-corrected chi connectivity index (χ3v) is 3.70. The van der Waals surface area contributed by atoms with Crippen molar-refractivity contribution in [3.8, 4) is 0 Å². The predicted molar refractivity (Wildman–Crippen MR) is 72.9 cm³/mol. The maximum atomic E-state index is 4.50. The third kappa shape index (κ3) is 2.19. The van der Waals surface area contributed by atoms with Crippen molar-refractivity contribution in [1.29, 1.82) is 0 Å². The fraction of sp³-hybridized carbons (Fsp3) is 0.571. The molecule has 0 spiro atoms. The van der Waals surface area contributed by atoms with E-state index >= 15 is 0 Å². The molecule has 96 valence electrons. The molecule has 2 aromatic heterocycles. The molecular formula is C14H20N4. The van der Waals surface area contributed by atoms with E-state index in [4.69, 9.17) is 0 Å². The summed E-state index contributed by atoms with van der Waals surface area (Å²) in [6.07, 6.45) is 8.76. The predicted octanol–water partition coefficient (Wildman–Crippen LogP) is 3.06. The van der Waals surface area contributed by atoms with E-state index in [-0.39, 0.29) is 0 Å². The van der Waals surface area contributed by atoms with Crippen LogP contribution >= 0.6 is 0 Å². The molecule has 2 heterocycles. The Morgan fingerprint density at radius 1 is 1.28 bits per heavy atom. The molecule has 0 bridgehead atoms. The van der Waals surface area contributed by atoms with Crippen LogP contribution in [0.1, 0.15) is 45.1 Å². The molecule has 0 amide bonds. The molecule has 3 rings (SSSR count). The zero-order chi connectivity index (χ0) is 12.7. The molecule has 0 aliphatic heterocycles. The molecule has 1 fully saturated rings. The summed E-state index contributed by atoms with van der Waals surface area (Å²) in [5, 5.41) is 3.47. The molecule has 0 aromatic carbocycles. The monoisotopic (exact) mass is 244 g/mol. The topological polar surface area (TPSA) is 42.2 Å². The number of anilines is 1. The minimum absolute atomic E-state index is 0.492. The number of hydrogen-bond donors (Lipinski definition) is 1. The molecule has 1 unspecified atom stereocenters. The maximum Gasteiger partial charge on any atom is 0.235 e. The van der Waals surface area contributed by atoms with Crippen LogP contribution in [0.2, 0.25) is 0 Å². The number of rotatable bonds is 4. The van der Waals surface area contributed by atoms with Crippen LogP contribution in [-0.4, -0.2) is 20.4 Å². The minimum atomic E-state index is 0.492. The van der Waals surface area contributed by atoms with Gasteiger partial charge in [0, 0.05) is 18.4 Å². The van der Waals surface area contributed by atoms with Crippen LogP contribution in [0.15, 0.2) is 18.6 Å². The zero-order valence-electron chi connectivity index (χ0n) is 11.2. The quantitative estimate of drug-likeness (QED) is 0.898. The van der Waals surface area contributed by atoms with Gasteiger partial charge < -0.3 is 5.32 Å². The van der Waals surface area contributed by atoms with Crippen molar-refractivity contribution in [3.63, 3.8) is 0 Å². The first kappa shape index (κ1) is 11.5. The molecule has 1 aliphatic rings. The van der Waals surface area contributed by atoms with Crippen molar-refractivity contribution in [1.82, 2.24) is 14.4 Å². The highest BCUT2D eigenvalue weighted by molar-refractivity contribution is 5.45. The highest BCUT2D eigenvalue weighted by Crippen LogP contribution is 2.33. The molecule has 2 aromatic rings. The standard InChI is InChI=1S/C14H20N4/c1-9(2)12-6-15-14-17-13(8-18(14)7-12)16-10(3)11-4-5-11/h6-11,16H,4-5H2,1-3H3. The van der Waals surface area contributed by atoms with E-state index in [2.05, 4.69) is 42.3 Å². The van der Waals surface area contributed by atoms with E-state index in [0.29, 0.717) is 12.0 Å². The van der Waals surface area contributed by atoms with Gasteiger partial charge in [-0.25, -0.2) is 4.98 Å². The summed E-state index contributed by atoms with van der Waals surface area (Å²) in [4.78, 5) is 8.91. The summed E-state index contributed by atoms with van der Waals surface area (Å²) < 4.78 is 2.01. The number of nitrogens with zero attached hydrogens (tertiary/aromatic N) is 3. The molecule has 0 saturated heterocycles. The molecule has 4 heteroatoms. The van der Waals surface area contributed by atoms with Crippen molar-refractivity contribution in [2.24, 2.45) is 5.92 Å². The molecule has 1 N–H and O–H groups in total. The Balaban J connectivity index is 1.85. The Bertz CT molecular complexity index is 554. The van der Waals surface area contributed by atoms with Crippen LogP contribution < -0.4 is 5.32 Å². The fourth-order valence-electron chi connectivity index (χ4n) is 2.22. The maximum absolute atomic E-state index is 4.50. The number of imidazole rings is 1. The molecular weight excluding hydrogens is 224 g/mol. The lowest BCUT2D eigenvalue weighted by atomic mass is 10.1. The van der Waals surface area contributed by atoms with Gasteiger partial charge in [-0.1, -0.05) is 13.8 Å². The van der Waals surface area contributed by atoms with Crippen LogP contribution in [0.25, 0.3) is 5.78 Å². The van der Waals surface area contributed by atoms with Gasteiger partial charge in [-0.15, -0.1) is 0 Å².